The average Bonchev–Trinajstić information content (AvgIpc) is 3.39. The highest BCUT2D eigenvalue weighted by Gasteiger charge is 2.27. The number of hydrogen-bond donors (Lipinski definition) is 3. The first-order chi connectivity index (χ1) is 16.4. The molecule has 34 heavy (non-hydrogen) atoms. The van der Waals surface area contributed by atoms with Crippen LogP contribution in [0.1, 0.15) is 29.7 Å². The summed E-state index contributed by atoms with van der Waals surface area (Å²) in [6, 6.07) is 19.3. The molecule has 3 N–H and O–H groups in total. The summed E-state index contributed by atoms with van der Waals surface area (Å²) >= 11 is 0. The van der Waals surface area contributed by atoms with Crippen molar-refractivity contribution < 1.29 is 17.9 Å². The van der Waals surface area contributed by atoms with Gasteiger partial charge in [0.1, 0.15) is 5.75 Å². The molecule has 1 unspecified atom stereocenters. The van der Waals surface area contributed by atoms with E-state index < -0.39 is 16.1 Å². The largest absolute Gasteiger partial charge is 0.497 e. The third-order valence-electron chi connectivity index (χ3n) is 5.94. The van der Waals surface area contributed by atoms with Crippen LogP contribution in [0.2, 0.25) is 0 Å². The van der Waals surface area contributed by atoms with E-state index in [1.165, 1.54) is 12.1 Å². The van der Waals surface area contributed by atoms with Crippen LogP contribution in [0.3, 0.4) is 0 Å². The van der Waals surface area contributed by atoms with Crippen LogP contribution in [0.5, 0.6) is 5.75 Å². The van der Waals surface area contributed by atoms with Crippen molar-refractivity contribution in [1.29, 1.82) is 0 Å². The summed E-state index contributed by atoms with van der Waals surface area (Å²) in [6.45, 7) is 1.79. The molecule has 8 heteroatoms. The molecule has 172 valence electrons. The summed E-state index contributed by atoms with van der Waals surface area (Å²) in [6.07, 6.45) is 3.57. The molecule has 0 saturated carbocycles. The number of H-pyrrole nitrogens is 1. The van der Waals surface area contributed by atoms with Crippen LogP contribution < -0.4 is 14.8 Å². The summed E-state index contributed by atoms with van der Waals surface area (Å²) in [4.78, 5) is 16.0. The van der Waals surface area contributed by atoms with E-state index in [1.807, 2.05) is 54.7 Å². The van der Waals surface area contributed by atoms with E-state index in [9.17, 15) is 13.2 Å². The topological polar surface area (TPSA) is 100 Å². The lowest BCUT2D eigenvalue weighted by molar-refractivity contribution is -0.110. The Labute approximate surface area is 197 Å². The molecule has 1 amide bonds. The number of carbonyl (C=O) groups is 1. The molecule has 0 radical (unpaired) electrons. The van der Waals surface area contributed by atoms with Gasteiger partial charge in [-0.05, 0) is 55.0 Å². The normalized spacial score (nSPS) is 15.4. The van der Waals surface area contributed by atoms with Crippen molar-refractivity contribution in [3.63, 3.8) is 0 Å². The third-order valence-corrected chi connectivity index (χ3v) is 7.47. The van der Waals surface area contributed by atoms with Crippen LogP contribution in [0, 0.1) is 0 Å². The number of hydrogen-bond acceptors (Lipinski definition) is 4. The molecule has 4 aromatic rings. The van der Waals surface area contributed by atoms with E-state index >= 15 is 0 Å². The highest BCUT2D eigenvalue weighted by Crippen LogP contribution is 2.36. The number of ether oxygens (including phenoxy) is 1. The van der Waals surface area contributed by atoms with E-state index in [0.717, 1.165) is 22.0 Å². The fraction of sp³-hybridized carbons (Fsp3) is 0.115. The Morgan fingerprint density at radius 3 is 2.59 bits per heavy atom. The van der Waals surface area contributed by atoms with E-state index in [2.05, 4.69) is 15.0 Å². The first-order valence-electron chi connectivity index (χ1n) is 10.8. The zero-order chi connectivity index (χ0) is 23.9. The molecule has 7 nitrogen and oxygen atoms in total. The third kappa shape index (κ3) is 3.98. The fourth-order valence-electron chi connectivity index (χ4n) is 4.11. The maximum absolute atomic E-state index is 13.1. The van der Waals surface area contributed by atoms with Crippen molar-refractivity contribution in [3.05, 3.63) is 89.6 Å². The first-order valence-corrected chi connectivity index (χ1v) is 12.2. The van der Waals surface area contributed by atoms with Gasteiger partial charge in [0.25, 0.3) is 5.91 Å². The molecular weight excluding hydrogens is 450 g/mol. The smallest absolute Gasteiger partial charge is 0.256 e. The summed E-state index contributed by atoms with van der Waals surface area (Å²) in [5.41, 5.74) is 4.07. The zero-order valence-corrected chi connectivity index (χ0v) is 19.4. The van der Waals surface area contributed by atoms with Gasteiger partial charge in [-0.25, -0.2) is 13.1 Å². The molecule has 3 aromatic carbocycles. The molecule has 1 aromatic heterocycles. The van der Waals surface area contributed by atoms with Gasteiger partial charge in [-0.15, -0.1) is 0 Å². The molecule has 5 rings (SSSR count). The minimum atomic E-state index is -3.81. The van der Waals surface area contributed by atoms with Gasteiger partial charge in [0.2, 0.25) is 10.0 Å². The zero-order valence-electron chi connectivity index (χ0n) is 18.6. The molecule has 0 saturated heterocycles. The number of anilines is 1. The molecule has 1 aliphatic heterocycles. The van der Waals surface area contributed by atoms with E-state index in [1.54, 1.807) is 26.2 Å². The Balaban J connectivity index is 1.51. The number of fused-ring (bicyclic) bond motifs is 2. The quantitative estimate of drug-likeness (QED) is 0.353. The van der Waals surface area contributed by atoms with Gasteiger partial charge in [0.05, 0.1) is 12.0 Å². The van der Waals surface area contributed by atoms with E-state index in [-0.39, 0.29) is 10.8 Å². The summed E-state index contributed by atoms with van der Waals surface area (Å²) < 4.78 is 34.3. The Hall–Kier alpha value is -3.88. The van der Waals surface area contributed by atoms with Crippen LogP contribution in [0.15, 0.2) is 77.8 Å². The van der Waals surface area contributed by atoms with Gasteiger partial charge in [0, 0.05) is 45.5 Å². The maximum Gasteiger partial charge on any atom is 0.256 e. The van der Waals surface area contributed by atoms with Crippen LogP contribution >= 0.6 is 0 Å². The minimum Gasteiger partial charge on any atom is -0.497 e. The van der Waals surface area contributed by atoms with Crippen molar-refractivity contribution in [2.24, 2.45) is 0 Å². The summed E-state index contributed by atoms with van der Waals surface area (Å²) in [7, 11) is -2.22. The van der Waals surface area contributed by atoms with Crippen molar-refractivity contribution in [3.8, 4) is 5.75 Å². The molecule has 0 bridgehead atoms. The minimum absolute atomic E-state index is 0.0945. The summed E-state index contributed by atoms with van der Waals surface area (Å²) in [5, 5.41) is 3.72. The van der Waals surface area contributed by atoms with Crippen molar-refractivity contribution in [2.75, 3.05) is 12.4 Å². The fourth-order valence-corrected chi connectivity index (χ4v) is 5.37. The molecule has 0 aliphatic carbocycles. The predicted octanol–water partition coefficient (Wildman–Crippen LogP) is 4.71. The number of aromatic amines is 1. The number of nitrogens with one attached hydrogen (secondary N) is 3. The van der Waals surface area contributed by atoms with Gasteiger partial charge in [-0.1, -0.05) is 30.3 Å². The number of methoxy groups -OCH3 is 1. The van der Waals surface area contributed by atoms with Crippen molar-refractivity contribution in [2.45, 2.75) is 17.9 Å². The van der Waals surface area contributed by atoms with Crippen LogP contribution in [-0.2, 0) is 14.8 Å². The lowest BCUT2D eigenvalue weighted by Crippen LogP contribution is -2.26. The van der Waals surface area contributed by atoms with E-state index in [0.29, 0.717) is 22.6 Å². The number of sulfonamides is 1. The number of amides is 1. The molecule has 1 atom stereocenters. The monoisotopic (exact) mass is 473 g/mol. The van der Waals surface area contributed by atoms with Gasteiger partial charge < -0.3 is 15.0 Å². The SMILES string of the molecule is COc1ccc2[nH]cc(/C=C3\C(=O)Nc4ccc(S(=O)(=O)NC(C)c5ccccc5)cc43)c2c1. The van der Waals surface area contributed by atoms with Crippen molar-refractivity contribution >= 4 is 44.2 Å². The summed E-state index contributed by atoms with van der Waals surface area (Å²) in [5.74, 6) is 0.419. The van der Waals surface area contributed by atoms with Gasteiger partial charge in [-0.3, -0.25) is 4.79 Å². The molecule has 1 aliphatic rings. The number of carbonyl (C=O) groups excluding carboxylic acids is 1. The lowest BCUT2D eigenvalue weighted by Gasteiger charge is -2.15. The number of aromatic nitrogens is 1. The Bertz CT molecular complexity index is 1540. The lowest BCUT2D eigenvalue weighted by atomic mass is 10.0. The first kappa shape index (κ1) is 21.9. The second kappa shape index (κ2) is 8.48. The second-order valence-corrected chi connectivity index (χ2v) is 9.84. The van der Waals surface area contributed by atoms with Crippen LogP contribution in [-0.4, -0.2) is 26.4 Å². The predicted molar refractivity (Wildman–Crippen MR) is 133 cm³/mol. The number of rotatable bonds is 6. The molecule has 0 spiro atoms. The molecular formula is C26H23N3O4S. The van der Waals surface area contributed by atoms with E-state index in [4.69, 9.17) is 4.74 Å². The van der Waals surface area contributed by atoms with Gasteiger partial charge in [0.15, 0.2) is 0 Å². The second-order valence-electron chi connectivity index (χ2n) is 8.13. The molecule has 2 heterocycles. The average molecular weight is 474 g/mol. The Morgan fingerprint density at radius 1 is 1.03 bits per heavy atom. The Kier molecular flexibility index (Phi) is 5.47. The van der Waals surface area contributed by atoms with Gasteiger partial charge >= 0.3 is 0 Å². The molecule has 0 fully saturated rings. The highest BCUT2D eigenvalue weighted by atomic mass is 32.2. The maximum atomic E-state index is 13.1. The Morgan fingerprint density at radius 2 is 1.82 bits per heavy atom. The van der Waals surface area contributed by atoms with Crippen LogP contribution in [0.25, 0.3) is 22.6 Å². The standard InChI is InChI=1S/C26H23N3O4S/c1-16(17-6-4-3-5-7-17)29-34(31,32)20-9-11-25-22(14-20)23(26(30)28-25)12-18-15-27-24-10-8-19(33-2)13-21(18)24/h3-16,27,29H,1-2H3,(H,28,30)/b23-12-. The van der Waals surface area contributed by atoms with Gasteiger partial charge in [-0.2, -0.15) is 0 Å². The number of benzene rings is 3. The highest BCUT2D eigenvalue weighted by molar-refractivity contribution is 7.89. The van der Waals surface area contributed by atoms with Crippen LogP contribution in [0.4, 0.5) is 5.69 Å². The van der Waals surface area contributed by atoms with Crippen molar-refractivity contribution in [1.82, 2.24) is 9.71 Å².